The Hall–Kier alpha value is -2.49. The first-order valence-electron chi connectivity index (χ1n) is 9.81. The molecule has 7 nitrogen and oxygen atoms in total. The molecule has 2 aromatic rings. The summed E-state index contributed by atoms with van der Waals surface area (Å²) in [6.45, 7) is 8.45. The summed E-state index contributed by atoms with van der Waals surface area (Å²) < 4.78 is 33.2. The number of hydrogen-bond donors (Lipinski definition) is 1. The van der Waals surface area contributed by atoms with Crippen LogP contribution in [0.1, 0.15) is 33.6 Å². The van der Waals surface area contributed by atoms with Crippen LogP contribution in [0.15, 0.2) is 12.1 Å². The molecule has 1 amide bonds. The second-order valence-corrected chi connectivity index (χ2v) is 9.93. The van der Waals surface area contributed by atoms with Crippen LogP contribution in [-0.2, 0) is 4.74 Å². The minimum Gasteiger partial charge on any atom is -0.505 e. The fraction of sp³-hybridized carbons (Fsp3) is 0.550. The highest BCUT2D eigenvalue weighted by molar-refractivity contribution is 7.18. The van der Waals surface area contributed by atoms with E-state index >= 15 is 0 Å². The van der Waals surface area contributed by atoms with Gasteiger partial charge in [0.15, 0.2) is 16.6 Å². The van der Waals surface area contributed by atoms with Crippen molar-refractivity contribution in [3.8, 4) is 16.3 Å². The molecule has 0 saturated carbocycles. The first-order chi connectivity index (χ1) is 14.1. The number of likely N-dealkylation sites (tertiary alicyclic amines) is 1. The average molecular weight is 439 g/mol. The van der Waals surface area contributed by atoms with Crippen molar-refractivity contribution >= 4 is 22.6 Å². The predicted molar refractivity (Wildman–Crippen MR) is 109 cm³/mol. The summed E-state index contributed by atoms with van der Waals surface area (Å²) >= 11 is 1.19. The summed E-state index contributed by atoms with van der Waals surface area (Å²) in [5.41, 5.74) is -0.398. The minimum absolute atomic E-state index is 0.0186. The SMILES string of the molecule is CC(C)(C)OC(=O)N1CCC2(CC1)CN(c1nnc(-c3ccc(O)c(F)c3F)s1)C2. The largest absolute Gasteiger partial charge is 0.505 e. The molecule has 1 spiro atoms. The summed E-state index contributed by atoms with van der Waals surface area (Å²) in [6, 6.07) is 2.40. The van der Waals surface area contributed by atoms with Gasteiger partial charge < -0.3 is 19.6 Å². The standard InChI is InChI=1S/C20H24F2N4O3S/c1-19(2,3)29-18(28)25-8-6-20(7-9-25)10-26(11-20)17-24-23-16(30-17)12-4-5-13(27)15(22)14(12)21/h4-5,27H,6-11H2,1-3H3. The Morgan fingerprint density at radius 3 is 2.47 bits per heavy atom. The monoisotopic (exact) mass is 438 g/mol. The zero-order valence-corrected chi connectivity index (χ0v) is 17.9. The van der Waals surface area contributed by atoms with Crippen LogP contribution in [0, 0.1) is 17.0 Å². The fourth-order valence-electron chi connectivity index (χ4n) is 3.86. The Morgan fingerprint density at radius 2 is 1.83 bits per heavy atom. The van der Waals surface area contributed by atoms with Gasteiger partial charge in [0, 0.05) is 31.6 Å². The van der Waals surface area contributed by atoms with Crippen molar-refractivity contribution in [2.45, 2.75) is 39.2 Å². The van der Waals surface area contributed by atoms with Crippen LogP contribution in [0.5, 0.6) is 5.75 Å². The Bertz CT molecular complexity index is 959. The van der Waals surface area contributed by atoms with Crippen LogP contribution in [0.25, 0.3) is 10.6 Å². The number of carbonyl (C=O) groups is 1. The lowest BCUT2D eigenvalue weighted by molar-refractivity contribution is 0.00597. The molecule has 0 radical (unpaired) electrons. The Balaban J connectivity index is 1.36. The fourth-order valence-corrected chi connectivity index (χ4v) is 4.72. The van der Waals surface area contributed by atoms with Gasteiger partial charge in [0.05, 0.1) is 5.56 Å². The van der Waals surface area contributed by atoms with E-state index in [4.69, 9.17) is 4.74 Å². The molecular weight excluding hydrogens is 414 g/mol. The van der Waals surface area contributed by atoms with Crippen molar-refractivity contribution in [2.24, 2.45) is 5.41 Å². The van der Waals surface area contributed by atoms with E-state index in [1.165, 1.54) is 17.4 Å². The van der Waals surface area contributed by atoms with E-state index in [0.717, 1.165) is 32.0 Å². The second-order valence-electron chi connectivity index (χ2n) is 8.97. The third-order valence-corrected chi connectivity index (χ3v) is 6.52. The van der Waals surface area contributed by atoms with Gasteiger partial charge in [-0.2, -0.15) is 4.39 Å². The summed E-state index contributed by atoms with van der Waals surface area (Å²) in [7, 11) is 0. The van der Waals surface area contributed by atoms with E-state index in [2.05, 4.69) is 15.1 Å². The molecule has 2 fully saturated rings. The Morgan fingerprint density at radius 1 is 1.17 bits per heavy atom. The van der Waals surface area contributed by atoms with Crippen LogP contribution < -0.4 is 4.90 Å². The van der Waals surface area contributed by atoms with Crippen molar-refractivity contribution in [1.82, 2.24) is 15.1 Å². The molecule has 4 rings (SSSR count). The van der Waals surface area contributed by atoms with Crippen LogP contribution in [-0.4, -0.2) is 58.1 Å². The van der Waals surface area contributed by atoms with Crippen LogP contribution in [0.2, 0.25) is 0 Å². The van der Waals surface area contributed by atoms with E-state index in [0.29, 0.717) is 18.2 Å². The lowest BCUT2D eigenvalue weighted by Crippen LogP contribution is -2.61. The molecule has 1 N–H and O–H groups in total. The molecule has 2 aliphatic rings. The van der Waals surface area contributed by atoms with Gasteiger partial charge in [-0.1, -0.05) is 11.3 Å². The summed E-state index contributed by atoms with van der Waals surface area (Å²) in [5.74, 6) is -3.15. The highest BCUT2D eigenvalue weighted by Crippen LogP contribution is 2.44. The Labute approximate surface area is 177 Å². The van der Waals surface area contributed by atoms with Gasteiger partial charge in [-0.05, 0) is 45.7 Å². The number of benzene rings is 1. The molecule has 1 aromatic heterocycles. The van der Waals surface area contributed by atoms with E-state index < -0.39 is 23.0 Å². The number of piperidine rings is 1. The van der Waals surface area contributed by atoms with Crippen molar-refractivity contribution < 1.29 is 23.4 Å². The summed E-state index contributed by atoms with van der Waals surface area (Å²) in [6.07, 6.45) is 1.49. The summed E-state index contributed by atoms with van der Waals surface area (Å²) in [5, 5.41) is 18.3. The number of phenols is 1. The van der Waals surface area contributed by atoms with Crippen molar-refractivity contribution in [1.29, 1.82) is 0 Å². The van der Waals surface area contributed by atoms with E-state index in [9.17, 15) is 18.7 Å². The number of phenolic OH excluding ortho intramolecular Hbond substituents is 1. The smallest absolute Gasteiger partial charge is 0.410 e. The van der Waals surface area contributed by atoms with Crippen LogP contribution in [0.4, 0.5) is 18.7 Å². The van der Waals surface area contributed by atoms with Gasteiger partial charge in [0.1, 0.15) is 5.60 Å². The van der Waals surface area contributed by atoms with Gasteiger partial charge in [-0.15, -0.1) is 10.2 Å². The van der Waals surface area contributed by atoms with Crippen molar-refractivity contribution in [2.75, 3.05) is 31.1 Å². The Kier molecular flexibility index (Phi) is 5.08. The number of halogens is 2. The minimum atomic E-state index is -1.29. The first-order valence-corrected chi connectivity index (χ1v) is 10.6. The van der Waals surface area contributed by atoms with E-state index in [1.54, 1.807) is 4.90 Å². The van der Waals surface area contributed by atoms with Crippen molar-refractivity contribution in [3.05, 3.63) is 23.8 Å². The second kappa shape index (κ2) is 7.33. The molecule has 2 aliphatic heterocycles. The molecule has 2 saturated heterocycles. The molecule has 0 atom stereocenters. The van der Waals surface area contributed by atoms with Gasteiger partial charge in [0.25, 0.3) is 0 Å². The number of aromatic nitrogens is 2. The normalized spacial score (nSPS) is 18.4. The number of aromatic hydroxyl groups is 1. The van der Waals surface area contributed by atoms with E-state index in [-0.39, 0.29) is 22.1 Å². The van der Waals surface area contributed by atoms with Crippen molar-refractivity contribution in [3.63, 3.8) is 0 Å². The molecule has 10 heteroatoms. The number of nitrogens with zero attached hydrogens (tertiary/aromatic N) is 4. The zero-order valence-electron chi connectivity index (χ0n) is 17.1. The maximum Gasteiger partial charge on any atom is 0.410 e. The lowest BCUT2D eigenvalue weighted by atomic mass is 9.72. The van der Waals surface area contributed by atoms with Crippen LogP contribution in [0.3, 0.4) is 0 Å². The molecule has 1 aromatic carbocycles. The maximum absolute atomic E-state index is 14.1. The van der Waals surface area contributed by atoms with E-state index in [1.807, 2.05) is 20.8 Å². The number of amides is 1. The predicted octanol–water partition coefficient (Wildman–Crippen LogP) is 4.03. The molecule has 0 unspecified atom stereocenters. The van der Waals surface area contributed by atoms with Gasteiger partial charge in [-0.25, -0.2) is 9.18 Å². The van der Waals surface area contributed by atoms with Gasteiger partial charge in [0.2, 0.25) is 10.9 Å². The van der Waals surface area contributed by atoms with Gasteiger partial charge >= 0.3 is 6.09 Å². The maximum atomic E-state index is 14.1. The molecular formula is C20H24F2N4O3S. The molecule has 0 bridgehead atoms. The molecule has 30 heavy (non-hydrogen) atoms. The molecule has 162 valence electrons. The number of anilines is 1. The highest BCUT2D eigenvalue weighted by atomic mass is 32.1. The summed E-state index contributed by atoms with van der Waals surface area (Å²) in [4.78, 5) is 16.1. The zero-order chi connectivity index (χ0) is 21.7. The number of carbonyl (C=O) groups excluding carboxylic acids is 1. The third-order valence-electron chi connectivity index (χ3n) is 5.51. The number of rotatable bonds is 2. The van der Waals surface area contributed by atoms with Gasteiger partial charge in [-0.3, -0.25) is 0 Å². The average Bonchev–Trinajstić information content (AvgIpc) is 3.12. The topological polar surface area (TPSA) is 78.8 Å². The first kappa shape index (κ1) is 20.8. The number of ether oxygens (including phenoxy) is 1. The number of hydrogen-bond acceptors (Lipinski definition) is 7. The highest BCUT2D eigenvalue weighted by Gasteiger charge is 2.47. The lowest BCUT2D eigenvalue weighted by Gasteiger charge is -2.53. The molecule has 3 heterocycles. The van der Waals surface area contributed by atoms with Crippen LogP contribution >= 0.6 is 11.3 Å². The quantitative estimate of drug-likeness (QED) is 0.763. The molecule has 0 aliphatic carbocycles. The third kappa shape index (κ3) is 3.92.